The van der Waals surface area contributed by atoms with Gasteiger partial charge in [-0.05, 0) is 26.2 Å². The largest absolute Gasteiger partial charge is 0.450 e. The lowest BCUT2D eigenvalue weighted by atomic mass is 10.0. The molecule has 0 aliphatic carbocycles. The summed E-state index contributed by atoms with van der Waals surface area (Å²) >= 11 is 0. The Hall–Kier alpha value is -1.30. The number of amides is 2. The van der Waals surface area contributed by atoms with Crippen molar-refractivity contribution in [1.82, 2.24) is 10.2 Å². The van der Waals surface area contributed by atoms with Crippen molar-refractivity contribution in [3.8, 4) is 0 Å². The highest BCUT2D eigenvalue weighted by atomic mass is 16.6. The van der Waals surface area contributed by atoms with Gasteiger partial charge in [0, 0.05) is 19.1 Å². The number of likely N-dealkylation sites (tertiary alicyclic amines) is 1. The molecule has 0 unspecified atom stereocenters. The number of nitrogens with two attached hydrogens (primary N) is 1. The molecule has 0 aromatic rings. The third-order valence-corrected chi connectivity index (χ3v) is 3.30. The lowest BCUT2D eigenvalue weighted by Crippen LogP contribution is -2.50. The number of ether oxygens (including phenoxy) is 1. The molecule has 0 aromatic heterocycles. The van der Waals surface area contributed by atoms with Crippen LogP contribution >= 0.6 is 0 Å². The molecule has 1 rings (SSSR count). The van der Waals surface area contributed by atoms with Crippen LogP contribution in [0.15, 0.2) is 0 Å². The fourth-order valence-corrected chi connectivity index (χ4v) is 2.17. The molecule has 6 nitrogen and oxygen atoms in total. The topological polar surface area (TPSA) is 84.7 Å². The number of rotatable bonds is 5. The van der Waals surface area contributed by atoms with Crippen LogP contribution in [0.2, 0.25) is 0 Å². The number of carbonyl (C=O) groups excluding carboxylic acids is 2. The predicted molar refractivity (Wildman–Crippen MR) is 72.6 cm³/mol. The molecule has 19 heavy (non-hydrogen) atoms. The summed E-state index contributed by atoms with van der Waals surface area (Å²) in [6.07, 6.45) is 2.84. The Labute approximate surface area is 114 Å². The van der Waals surface area contributed by atoms with Gasteiger partial charge in [0.15, 0.2) is 0 Å². The fourth-order valence-electron chi connectivity index (χ4n) is 2.17. The molecule has 110 valence electrons. The van der Waals surface area contributed by atoms with E-state index in [0.29, 0.717) is 26.1 Å². The van der Waals surface area contributed by atoms with Crippen LogP contribution in [0.25, 0.3) is 0 Å². The zero-order valence-corrected chi connectivity index (χ0v) is 11.9. The second-order valence-corrected chi connectivity index (χ2v) is 4.86. The zero-order valence-electron chi connectivity index (χ0n) is 11.9. The number of hydrogen-bond donors (Lipinski definition) is 2. The minimum atomic E-state index is -0.423. The van der Waals surface area contributed by atoms with E-state index in [1.54, 1.807) is 11.8 Å². The first kappa shape index (κ1) is 15.8. The van der Waals surface area contributed by atoms with E-state index in [1.807, 2.05) is 6.92 Å². The van der Waals surface area contributed by atoms with Crippen LogP contribution < -0.4 is 11.1 Å². The second kappa shape index (κ2) is 7.99. The van der Waals surface area contributed by atoms with E-state index in [1.165, 1.54) is 0 Å². The fraction of sp³-hybridized carbons (Fsp3) is 0.846. The Morgan fingerprint density at radius 1 is 1.37 bits per heavy atom. The molecule has 1 fully saturated rings. The van der Waals surface area contributed by atoms with E-state index in [9.17, 15) is 9.59 Å². The molecule has 1 aliphatic heterocycles. The summed E-state index contributed by atoms with van der Waals surface area (Å²) < 4.78 is 4.95. The van der Waals surface area contributed by atoms with Gasteiger partial charge in [-0.1, -0.05) is 13.3 Å². The summed E-state index contributed by atoms with van der Waals surface area (Å²) in [5.74, 6) is -0.0866. The van der Waals surface area contributed by atoms with Crippen molar-refractivity contribution in [3.63, 3.8) is 0 Å². The first-order valence-electron chi connectivity index (χ1n) is 7.06. The van der Waals surface area contributed by atoms with Gasteiger partial charge >= 0.3 is 6.09 Å². The number of hydrogen-bond acceptors (Lipinski definition) is 4. The first-order chi connectivity index (χ1) is 9.08. The Kier molecular flexibility index (Phi) is 6.62. The van der Waals surface area contributed by atoms with Crippen LogP contribution in [0.4, 0.5) is 4.79 Å². The molecule has 1 saturated heterocycles. The molecule has 0 radical (unpaired) electrons. The van der Waals surface area contributed by atoms with E-state index in [0.717, 1.165) is 19.3 Å². The Morgan fingerprint density at radius 3 is 2.53 bits per heavy atom. The normalized spacial score (nSPS) is 17.9. The van der Waals surface area contributed by atoms with Crippen molar-refractivity contribution in [1.29, 1.82) is 0 Å². The minimum absolute atomic E-state index is 0.0866. The van der Waals surface area contributed by atoms with Crippen molar-refractivity contribution in [2.75, 3.05) is 19.7 Å². The van der Waals surface area contributed by atoms with Crippen LogP contribution in [0.3, 0.4) is 0 Å². The maximum Gasteiger partial charge on any atom is 0.409 e. The third-order valence-electron chi connectivity index (χ3n) is 3.30. The molecule has 0 bridgehead atoms. The van der Waals surface area contributed by atoms with E-state index >= 15 is 0 Å². The monoisotopic (exact) mass is 271 g/mol. The van der Waals surface area contributed by atoms with Gasteiger partial charge in [0.2, 0.25) is 5.91 Å². The van der Waals surface area contributed by atoms with Gasteiger partial charge in [-0.25, -0.2) is 4.79 Å². The average Bonchev–Trinajstić information content (AvgIpc) is 2.40. The number of carbonyl (C=O) groups is 2. The number of nitrogens with zero attached hydrogens (tertiary/aromatic N) is 1. The Balaban J connectivity index is 2.30. The second-order valence-electron chi connectivity index (χ2n) is 4.86. The molecule has 3 N–H and O–H groups in total. The summed E-state index contributed by atoms with van der Waals surface area (Å²) in [4.78, 5) is 25.0. The van der Waals surface area contributed by atoms with Crippen LogP contribution in [0.5, 0.6) is 0 Å². The van der Waals surface area contributed by atoms with Gasteiger partial charge in [-0.15, -0.1) is 0 Å². The van der Waals surface area contributed by atoms with Crippen molar-refractivity contribution < 1.29 is 14.3 Å². The van der Waals surface area contributed by atoms with E-state index < -0.39 is 6.04 Å². The molecule has 0 saturated carbocycles. The molecule has 1 heterocycles. The molecule has 1 aliphatic rings. The molecule has 0 spiro atoms. The van der Waals surface area contributed by atoms with Crippen molar-refractivity contribution in [3.05, 3.63) is 0 Å². The minimum Gasteiger partial charge on any atom is -0.450 e. The van der Waals surface area contributed by atoms with Gasteiger partial charge in [-0.3, -0.25) is 4.79 Å². The maximum atomic E-state index is 11.8. The van der Waals surface area contributed by atoms with E-state index in [-0.39, 0.29) is 18.0 Å². The summed E-state index contributed by atoms with van der Waals surface area (Å²) in [6.45, 7) is 5.42. The highest BCUT2D eigenvalue weighted by Crippen LogP contribution is 2.11. The third kappa shape index (κ3) is 5.06. The lowest BCUT2D eigenvalue weighted by Gasteiger charge is -2.32. The Bertz CT molecular complexity index is 302. The average molecular weight is 271 g/mol. The van der Waals surface area contributed by atoms with Gasteiger partial charge in [0.05, 0.1) is 12.6 Å². The standard InChI is InChI=1S/C13H25N3O3/c1-3-5-11(14)12(17)15-10-6-8-16(9-7-10)13(18)19-4-2/h10-11H,3-9,14H2,1-2H3,(H,15,17)/t11-/m1/s1. The van der Waals surface area contributed by atoms with E-state index in [4.69, 9.17) is 10.5 Å². The summed E-state index contributed by atoms with van der Waals surface area (Å²) in [5, 5.41) is 2.95. The zero-order chi connectivity index (χ0) is 14.3. The first-order valence-corrected chi connectivity index (χ1v) is 7.06. The van der Waals surface area contributed by atoms with Gasteiger partial charge in [0.1, 0.15) is 0 Å². The molecular weight excluding hydrogens is 246 g/mol. The summed E-state index contributed by atoms with van der Waals surface area (Å²) in [5.41, 5.74) is 5.76. The molecule has 2 amide bonds. The highest BCUT2D eigenvalue weighted by Gasteiger charge is 2.25. The molecule has 1 atom stereocenters. The van der Waals surface area contributed by atoms with Gasteiger partial charge < -0.3 is 20.7 Å². The van der Waals surface area contributed by atoms with Gasteiger partial charge in [0.25, 0.3) is 0 Å². The molecule has 0 aromatic carbocycles. The smallest absolute Gasteiger partial charge is 0.409 e. The SMILES string of the molecule is CCC[C@@H](N)C(=O)NC1CCN(C(=O)OCC)CC1. The van der Waals surface area contributed by atoms with Crippen LogP contribution in [0, 0.1) is 0 Å². The number of piperidine rings is 1. The quantitative estimate of drug-likeness (QED) is 0.776. The van der Waals surface area contributed by atoms with Crippen molar-refractivity contribution >= 4 is 12.0 Å². The maximum absolute atomic E-state index is 11.8. The van der Waals surface area contributed by atoms with Crippen LogP contribution in [-0.4, -0.2) is 48.7 Å². The van der Waals surface area contributed by atoms with Crippen molar-refractivity contribution in [2.45, 2.75) is 51.6 Å². The Morgan fingerprint density at radius 2 is 2.00 bits per heavy atom. The summed E-state index contributed by atoms with van der Waals surface area (Å²) in [7, 11) is 0. The lowest BCUT2D eigenvalue weighted by molar-refractivity contribution is -0.123. The van der Waals surface area contributed by atoms with Crippen LogP contribution in [0.1, 0.15) is 39.5 Å². The van der Waals surface area contributed by atoms with Crippen molar-refractivity contribution in [2.24, 2.45) is 5.73 Å². The molecule has 6 heteroatoms. The summed E-state index contributed by atoms with van der Waals surface area (Å²) in [6, 6.07) is -0.311. The predicted octanol–water partition coefficient (Wildman–Crippen LogP) is 0.851. The van der Waals surface area contributed by atoms with E-state index in [2.05, 4.69) is 5.32 Å². The molecular formula is C13H25N3O3. The van der Waals surface area contributed by atoms with Gasteiger partial charge in [-0.2, -0.15) is 0 Å². The number of nitrogens with one attached hydrogen (secondary N) is 1. The highest BCUT2D eigenvalue weighted by molar-refractivity contribution is 5.81. The van der Waals surface area contributed by atoms with Crippen LogP contribution in [-0.2, 0) is 9.53 Å².